The molecule has 2 amide bonds. The fraction of sp³-hybridized carbons (Fsp3) is 0.765. The van der Waals surface area contributed by atoms with E-state index in [1.807, 2.05) is 11.0 Å². The number of nitrogens with zero attached hydrogens (tertiary/aromatic N) is 2. The summed E-state index contributed by atoms with van der Waals surface area (Å²) < 4.78 is 0. The largest absolute Gasteiger partial charge is 0.383 e. The average molecular weight is 318 g/mol. The van der Waals surface area contributed by atoms with Crippen molar-refractivity contribution in [3.8, 4) is 0 Å². The molecule has 2 heterocycles. The third kappa shape index (κ3) is 2.84. The van der Waals surface area contributed by atoms with E-state index in [4.69, 9.17) is 0 Å². The monoisotopic (exact) mass is 318 g/mol. The minimum Gasteiger partial charge on any atom is -0.383 e. The van der Waals surface area contributed by atoms with E-state index >= 15 is 0 Å². The first-order chi connectivity index (χ1) is 11.1. The van der Waals surface area contributed by atoms with E-state index in [1.54, 1.807) is 6.20 Å². The van der Waals surface area contributed by atoms with Crippen LogP contribution in [-0.4, -0.2) is 45.4 Å². The molecule has 23 heavy (non-hydrogen) atoms. The molecule has 1 aromatic heterocycles. The predicted octanol–water partition coefficient (Wildman–Crippen LogP) is 1.98. The molecular formula is C17H26N4O2. The van der Waals surface area contributed by atoms with E-state index in [2.05, 4.69) is 15.5 Å². The van der Waals surface area contributed by atoms with Gasteiger partial charge in [-0.15, -0.1) is 0 Å². The van der Waals surface area contributed by atoms with Gasteiger partial charge in [-0.25, -0.2) is 4.79 Å². The first-order valence-electron chi connectivity index (χ1n) is 8.92. The molecule has 126 valence electrons. The second kappa shape index (κ2) is 5.82. The molecule has 1 aromatic rings. The Labute approximate surface area is 136 Å². The van der Waals surface area contributed by atoms with Crippen LogP contribution < -0.4 is 5.32 Å². The van der Waals surface area contributed by atoms with Crippen LogP contribution in [0.2, 0.25) is 0 Å². The number of fused-ring (bicyclic) bond motifs is 2. The highest BCUT2D eigenvalue weighted by atomic mass is 16.3. The fourth-order valence-corrected chi connectivity index (χ4v) is 4.70. The molecule has 3 aliphatic rings. The van der Waals surface area contributed by atoms with Crippen molar-refractivity contribution in [2.24, 2.45) is 11.8 Å². The summed E-state index contributed by atoms with van der Waals surface area (Å²) in [6.45, 7) is 1.17. The van der Waals surface area contributed by atoms with Gasteiger partial charge in [0.25, 0.3) is 0 Å². The van der Waals surface area contributed by atoms with Crippen molar-refractivity contribution < 1.29 is 9.90 Å². The van der Waals surface area contributed by atoms with Crippen LogP contribution in [0.1, 0.15) is 50.6 Å². The Bertz CT molecular complexity index is 551. The van der Waals surface area contributed by atoms with Crippen LogP contribution in [0.15, 0.2) is 12.3 Å². The van der Waals surface area contributed by atoms with Gasteiger partial charge in [0.1, 0.15) is 5.60 Å². The molecule has 1 saturated heterocycles. The lowest BCUT2D eigenvalue weighted by Crippen LogP contribution is -2.52. The molecule has 3 N–H and O–H groups in total. The van der Waals surface area contributed by atoms with Crippen molar-refractivity contribution in [2.75, 3.05) is 13.1 Å². The van der Waals surface area contributed by atoms with Crippen molar-refractivity contribution in [2.45, 2.75) is 56.6 Å². The van der Waals surface area contributed by atoms with Crippen molar-refractivity contribution in [1.29, 1.82) is 0 Å². The van der Waals surface area contributed by atoms with Gasteiger partial charge in [0, 0.05) is 25.3 Å². The lowest BCUT2D eigenvalue weighted by Gasteiger charge is -2.39. The average Bonchev–Trinajstić information content (AvgIpc) is 3.22. The number of H-pyrrole nitrogens is 1. The molecule has 1 aliphatic heterocycles. The van der Waals surface area contributed by atoms with Gasteiger partial charge in [-0.2, -0.15) is 5.10 Å². The molecule has 2 bridgehead atoms. The van der Waals surface area contributed by atoms with Crippen LogP contribution in [0.3, 0.4) is 0 Å². The van der Waals surface area contributed by atoms with Crippen molar-refractivity contribution in [3.63, 3.8) is 0 Å². The second-order valence-corrected chi connectivity index (χ2v) is 7.56. The summed E-state index contributed by atoms with van der Waals surface area (Å²) in [6, 6.07) is 2.22. The molecule has 0 aromatic carbocycles. The number of carbonyl (C=O) groups is 1. The maximum atomic E-state index is 12.6. The maximum absolute atomic E-state index is 12.6. The standard InChI is InChI=1S/C17H26N4O2/c22-16(19-14-4-2-12-1-3-13(14)11-12)21-9-6-17(23,7-10-21)15-5-8-18-20-15/h5,8,12-14,23H,1-4,6-7,9-11H2,(H,18,20)(H,19,22). The molecule has 6 nitrogen and oxygen atoms in total. The first-order valence-corrected chi connectivity index (χ1v) is 8.92. The lowest BCUT2D eigenvalue weighted by molar-refractivity contribution is -0.0208. The molecule has 3 atom stereocenters. The predicted molar refractivity (Wildman–Crippen MR) is 85.7 cm³/mol. The number of aromatic nitrogens is 2. The van der Waals surface area contributed by atoms with E-state index in [0.29, 0.717) is 37.9 Å². The van der Waals surface area contributed by atoms with Gasteiger partial charge in [0.2, 0.25) is 0 Å². The Morgan fingerprint density at radius 1 is 1.30 bits per heavy atom. The summed E-state index contributed by atoms with van der Waals surface area (Å²) in [4.78, 5) is 14.4. The smallest absolute Gasteiger partial charge is 0.317 e. The Morgan fingerprint density at radius 2 is 2.09 bits per heavy atom. The molecule has 3 unspecified atom stereocenters. The third-order valence-electron chi connectivity index (χ3n) is 6.23. The van der Waals surface area contributed by atoms with Gasteiger partial charge in [0.05, 0.1) is 5.69 Å². The minimum atomic E-state index is -0.878. The van der Waals surface area contributed by atoms with E-state index in [1.165, 1.54) is 25.7 Å². The number of aliphatic hydroxyl groups is 1. The summed E-state index contributed by atoms with van der Waals surface area (Å²) in [5, 5.41) is 20.7. The number of carbonyl (C=O) groups excluding carboxylic acids is 1. The maximum Gasteiger partial charge on any atom is 0.317 e. The molecule has 3 fully saturated rings. The molecule has 2 aliphatic carbocycles. The summed E-state index contributed by atoms with van der Waals surface area (Å²) in [5.41, 5.74) is -0.126. The van der Waals surface area contributed by atoms with E-state index < -0.39 is 5.60 Å². The zero-order chi connectivity index (χ0) is 15.9. The fourth-order valence-electron chi connectivity index (χ4n) is 4.70. The Hall–Kier alpha value is -1.56. The van der Waals surface area contributed by atoms with Crippen LogP contribution in [0.4, 0.5) is 4.79 Å². The van der Waals surface area contributed by atoms with Gasteiger partial charge < -0.3 is 15.3 Å². The second-order valence-electron chi connectivity index (χ2n) is 7.56. The first kappa shape index (κ1) is 15.0. The van der Waals surface area contributed by atoms with E-state index in [0.717, 1.165) is 18.0 Å². The summed E-state index contributed by atoms with van der Waals surface area (Å²) in [5.74, 6) is 1.59. The summed E-state index contributed by atoms with van der Waals surface area (Å²) >= 11 is 0. The number of hydrogen-bond donors (Lipinski definition) is 3. The van der Waals surface area contributed by atoms with Crippen LogP contribution in [0, 0.1) is 11.8 Å². The van der Waals surface area contributed by atoms with Gasteiger partial charge >= 0.3 is 6.03 Å². The Kier molecular flexibility index (Phi) is 3.79. The zero-order valence-corrected chi connectivity index (χ0v) is 13.5. The highest BCUT2D eigenvalue weighted by molar-refractivity contribution is 5.74. The summed E-state index contributed by atoms with van der Waals surface area (Å²) in [6.07, 6.45) is 9.08. The van der Waals surface area contributed by atoms with Gasteiger partial charge in [-0.3, -0.25) is 5.10 Å². The number of piperidine rings is 1. The number of likely N-dealkylation sites (tertiary alicyclic amines) is 1. The summed E-state index contributed by atoms with van der Waals surface area (Å²) in [7, 11) is 0. The van der Waals surface area contributed by atoms with Crippen LogP contribution in [0.5, 0.6) is 0 Å². The highest BCUT2D eigenvalue weighted by Gasteiger charge is 2.39. The van der Waals surface area contributed by atoms with E-state index in [9.17, 15) is 9.90 Å². The number of rotatable bonds is 2. The van der Waals surface area contributed by atoms with Crippen LogP contribution in [0.25, 0.3) is 0 Å². The number of nitrogens with one attached hydrogen (secondary N) is 2. The lowest BCUT2D eigenvalue weighted by atomic mass is 9.85. The van der Waals surface area contributed by atoms with E-state index in [-0.39, 0.29) is 6.03 Å². The SMILES string of the molecule is O=C(NC1CCC2CCC1C2)N1CCC(O)(c2ccn[nH]2)CC1. The Morgan fingerprint density at radius 3 is 2.83 bits per heavy atom. The highest BCUT2D eigenvalue weighted by Crippen LogP contribution is 2.42. The van der Waals surface area contributed by atoms with Crippen LogP contribution >= 0.6 is 0 Å². The van der Waals surface area contributed by atoms with Crippen molar-refractivity contribution in [1.82, 2.24) is 20.4 Å². The van der Waals surface area contributed by atoms with Crippen LogP contribution in [-0.2, 0) is 5.60 Å². The normalized spacial score (nSPS) is 32.7. The number of aromatic amines is 1. The topological polar surface area (TPSA) is 81.2 Å². The number of hydrogen-bond acceptors (Lipinski definition) is 3. The number of amides is 2. The molecule has 0 spiro atoms. The quantitative estimate of drug-likeness (QED) is 0.780. The molecular weight excluding hydrogens is 292 g/mol. The van der Waals surface area contributed by atoms with Crippen molar-refractivity contribution >= 4 is 6.03 Å². The molecule has 6 heteroatoms. The number of urea groups is 1. The molecule has 0 radical (unpaired) electrons. The van der Waals surface area contributed by atoms with Gasteiger partial charge in [-0.05, 0) is 56.4 Å². The third-order valence-corrected chi connectivity index (χ3v) is 6.23. The Balaban J connectivity index is 1.32. The molecule has 4 rings (SSSR count). The minimum absolute atomic E-state index is 0.0482. The van der Waals surface area contributed by atoms with Gasteiger partial charge in [-0.1, -0.05) is 6.42 Å². The van der Waals surface area contributed by atoms with Gasteiger partial charge in [0.15, 0.2) is 0 Å². The zero-order valence-electron chi connectivity index (χ0n) is 13.5. The molecule has 2 saturated carbocycles. The van der Waals surface area contributed by atoms with Crippen molar-refractivity contribution in [3.05, 3.63) is 18.0 Å².